The molecule has 2 nitrogen and oxygen atoms in total. The molecule has 19 heavy (non-hydrogen) atoms. The van der Waals surface area contributed by atoms with Crippen molar-refractivity contribution in [3.05, 3.63) is 29.3 Å². The van der Waals surface area contributed by atoms with Crippen molar-refractivity contribution < 1.29 is 9.53 Å². The number of benzene rings is 1. The standard InChI is InChI=1S/C16H24O2S/c1-5-9-18-16-7-6-13(4)11-14(16)15(17)8-10-19-12(2)3/h6-7,11-12H,5,8-10H2,1-4H3. The van der Waals surface area contributed by atoms with Crippen molar-refractivity contribution in [2.75, 3.05) is 12.4 Å². The van der Waals surface area contributed by atoms with Crippen LogP contribution >= 0.6 is 11.8 Å². The average Bonchev–Trinajstić information content (AvgIpc) is 2.36. The lowest BCUT2D eigenvalue weighted by atomic mass is 10.0. The number of Topliss-reactive ketones (excluding diaryl/α,β-unsaturated/α-hetero) is 1. The van der Waals surface area contributed by atoms with Crippen LogP contribution in [0.1, 0.15) is 49.5 Å². The second-order valence-corrected chi connectivity index (χ2v) is 6.63. The third-order valence-electron chi connectivity index (χ3n) is 2.68. The van der Waals surface area contributed by atoms with Gasteiger partial charge in [-0.05, 0) is 30.7 Å². The maximum absolute atomic E-state index is 12.3. The van der Waals surface area contributed by atoms with Crippen molar-refractivity contribution >= 4 is 17.5 Å². The van der Waals surface area contributed by atoms with E-state index in [0.717, 1.165) is 29.1 Å². The summed E-state index contributed by atoms with van der Waals surface area (Å²) in [5.74, 6) is 1.78. The molecule has 0 aliphatic carbocycles. The van der Waals surface area contributed by atoms with Gasteiger partial charge in [0.05, 0.1) is 12.2 Å². The number of carbonyl (C=O) groups excluding carboxylic acids is 1. The Labute approximate surface area is 120 Å². The Morgan fingerprint density at radius 1 is 1.37 bits per heavy atom. The number of aryl methyl sites for hydroxylation is 1. The van der Waals surface area contributed by atoms with Gasteiger partial charge in [-0.2, -0.15) is 11.8 Å². The highest BCUT2D eigenvalue weighted by molar-refractivity contribution is 7.99. The number of ether oxygens (including phenoxy) is 1. The molecule has 0 atom stereocenters. The van der Waals surface area contributed by atoms with E-state index in [1.807, 2.05) is 36.9 Å². The molecule has 0 heterocycles. The molecule has 0 N–H and O–H groups in total. The molecule has 0 saturated heterocycles. The number of rotatable bonds is 8. The number of ketones is 1. The third-order valence-corrected chi connectivity index (χ3v) is 3.78. The summed E-state index contributed by atoms with van der Waals surface area (Å²) in [7, 11) is 0. The summed E-state index contributed by atoms with van der Waals surface area (Å²) in [6.45, 7) is 9.03. The van der Waals surface area contributed by atoms with Crippen LogP contribution in [0.25, 0.3) is 0 Å². The van der Waals surface area contributed by atoms with Gasteiger partial charge in [0, 0.05) is 12.2 Å². The van der Waals surface area contributed by atoms with E-state index in [-0.39, 0.29) is 5.78 Å². The molecule has 0 aliphatic rings. The zero-order valence-corrected chi connectivity index (χ0v) is 13.2. The van der Waals surface area contributed by atoms with Gasteiger partial charge in [0.15, 0.2) is 5.78 Å². The van der Waals surface area contributed by atoms with E-state index < -0.39 is 0 Å². The second kappa shape index (κ2) is 8.26. The summed E-state index contributed by atoms with van der Waals surface area (Å²) < 4.78 is 5.66. The molecule has 0 amide bonds. The third kappa shape index (κ3) is 5.68. The molecule has 106 valence electrons. The quantitative estimate of drug-likeness (QED) is 0.656. The van der Waals surface area contributed by atoms with Crippen molar-refractivity contribution in [3.8, 4) is 5.75 Å². The molecule has 1 aromatic rings. The summed E-state index contributed by atoms with van der Waals surface area (Å²) in [5, 5.41) is 0.570. The summed E-state index contributed by atoms with van der Waals surface area (Å²) >= 11 is 1.82. The van der Waals surface area contributed by atoms with E-state index in [0.29, 0.717) is 18.3 Å². The molecule has 1 aromatic carbocycles. The van der Waals surface area contributed by atoms with E-state index in [2.05, 4.69) is 20.8 Å². The first-order chi connectivity index (χ1) is 9.04. The molecule has 0 aromatic heterocycles. The topological polar surface area (TPSA) is 26.3 Å². The van der Waals surface area contributed by atoms with Gasteiger partial charge >= 0.3 is 0 Å². The van der Waals surface area contributed by atoms with Gasteiger partial charge in [-0.3, -0.25) is 4.79 Å². The Balaban J connectivity index is 2.72. The van der Waals surface area contributed by atoms with Gasteiger partial charge in [-0.1, -0.05) is 32.4 Å². The van der Waals surface area contributed by atoms with Gasteiger partial charge < -0.3 is 4.74 Å². The van der Waals surface area contributed by atoms with Crippen molar-refractivity contribution in [2.45, 2.75) is 45.8 Å². The molecule has 0 fully saturated rings. The predicted octanol–water partition coefficient (Wildman–Crippen LogP) is 4.50. The van der Waals surface area contributed by atoms with E-state index >= 15 is 0 Å². The van der Waals surface area contributed by atoms with E-state index in [1.54, 1.807) is 0 Å². The molecular weight excluding hydrogens is 256 g/mol. The van der Waals surface area contributed by atoms with E-state index in [4.69, 9.17) is 4.74 Å². The molecular formula is C16H24O2S. The van der Waals surface area contributed by atoms with Crippen molar-refractivity contribution in [1.29, 1.82) is 0 Å². The van der Waals surface area contributed by atoms with Crippen LogP contribution in [0.2, 0.25) is 0 Å². The molecule has 1 rings (SSSR count). The molecule has 0 radical (unpaired) electrons. The Hall–Kier alpha value is -0.960. The first-order valence-corrected chi connectivity index (χ1v) is 7.97. The van der Waals surface area contributed by atoms with Crippen molar-refractivity contribution in [2.24, 2.45) is 0 Å². The first-order valence-electron chi connectivity index (χ1n) is 6.92. The van der Waals surface area contributed by atoms with Gasteiger partial charge in [0.1, 0.15) is 5.75 Å². The van der Waals surface area contributed by atoms with Crippen LogP contribution in [0.5, 0.6) is 5.75 Å². The molecule has 0 aliphatic heterocycles. The molecule has 3 heteroatoms. The monoisotopic (exact) mass is 280 g/mol. The van der Waals surface area contributed by atoms with Gasteiger partial charge in [0.2, 0.25) is 0 Å². The van der Waals surface area contributed by atoms with Crippen molar-refractivity contribution in [1.82, 2.24) is 0 Å². The minimum atomic E-state index is 0.183. The Morgan fingerprint density at radius 3 is 2.74 bits per heavy atom. The van der Waals surface area contributed by atoms with E-state index in [1.165, 1.54) is 0 Å². The highest BCUT2D eigenvalue weighted by atomic mass is 32.2. The highest BCUT2D eigenvalue weighted by Crippen LogP contribution is 2.23. The lowest BCUT2D eigenvalue weighted by molar-refractivity contribution is 0.0985. The minimum absolute atomic E-state index is 0.183. The summed E-state index contributed by atoms with van der Waals surface area (Å²) in [4.78, 5) is 12.3. The molecule has 0 bridgehead atoms. The van der Waals surface area contributed by atoms with Crippen LogP contribution in [-0.4, -0.2) is 23.4 Å². The first kappa shape index (κ1) is 16.1. The van der Waals surface area contributed by atoms with Crippen LogP contribution in [0, 0.1) is 6.92 Å². The van der Waals surface area contributed by atoms with Gasteiger partial charge in [-0.25, -0.2) is 0 Å². The maximum Gasteiger partial charge on any atom is 0.167 e. The zero-order valence-electron chi connectivity index (χ0n) is 12.4. The maximum atomic E-state index is 12.3. The smallest absolute Gasteiger partial charge is 0.167 e. The lowest BCUT2D eigenvalue weighted by Gasteiger charge is -2.11. The molecule has 0 unspecified atom stereocenters. The Morgan fingerprint density at radius 2 is 2.11 bits per heavy atom. The SMILES string of the molecule is CCCOc1ccc(C)cc1C(=O)CCSC(C)C. The van der Waals surface area contributed by atoms with Crippen LogP contribution in [0.3, 0.4) is 0 Å². The summed E-state index contributed by atoms with van der Waals surface area (Å²) in [6, 6.07) is 5.84. The summed E-state index contributed by atoms with van der Waals surface area (Å²) in [6.07, 6.45) is 1.53. The highest BCUT2D eigenvalue weighted by Gasteiger charge is 2.13. The van der Waals surface area contributed by atoms with Crippen LogP contribution in [-0.2, 0) is 0 Å². The van der Waals surface area contributed by atoms with Crippen LogP contribution in [0.15, 0.2) is 18.2 Å². The second-order valence-electron chi connectivity index (χ2n) is 4.94. The lowest BCUT2D eigenvalue weighted by Crippen LogP contribution is -2.07. The fourth-order valence-electron chi connectivity index (χ4n) is 1.72. The van der Waals surface area contributed by atoms with Crippen LogP contribution in [0.4, 0.5) is 0 Å². The summed E-state index contributed by atoms with van der Waals surface area (Å²) in [5.41, 5.74) is 1.83. The van der Waals surface area contributed by atoms with Gasteiger partial charge in [-0.15, -0.1) is 0 Å². The Kier molecular flexibility index (Phi) is 7.00. The number of hydrogen-bond acceptors (Lipinski definition) is 3. The van der Waals surface area contributed by atoms with Crippen LogP contribution < -0.4 is 4.74 Å². The number of carbonyl (C=O) groups is 1. The zero-order chi connectivity index (χ0) is 14.3. The fourth-order valence-corrected chi connectivity index (χ4v) is 2.50. The largest absolute Gasteiger partial charge is 0.493 e. The Bertz CT molecular complexity index is 413. The van der Waals surface area contributed by atoms with Crippen molar-refractivity contribution in [3.63, 3.8) is 0 Å². The predicted molar refractivity (Wildman–Crippen MR) is 83.5 cm³/mol. The minimum Gasteiger partial charge on any atom is -0.493 e. The molecule has 0 saturated carbocycles. The fraction of sp³-hybridized carbons (Fsp3) is 0.562. The number of thioether (sulfide) groups is 1. The molecule has 0 spiro atoms. The normalized spacial score (nSPS) is 10.8. The van der Waals surface area contributed by atoms with Gasteiger partial charge in [0.25, 0.3) is 0 Å². The average molecular weight is 280 g/mol. The van der Waals surface area contributed by atoms with E-state index in [9.17, 15) is 4.79 Å². The number of hydrogen-bond donors (Lipinski definition) is 0.